The maximum Gasteiger partial charge on any atom is 0.134 e. The second-order valence-electron chi connectivity index (χ2n) is 10.2. The topological polar surface area (TPSA) is 0 Å². The van der Waals surface area contributed by atoms with Crippen molar-refractivity contribution in [3.63, 3.8) is 0 Å². The van der Waals surface area contributed by atoms with E-state index in [1.165, 1.54) is 56.9 Å². The van der Waals surface area contributed by atoms with Gasteiger partial charge in [0.05, 0.1) is 0 Å². The van der Waals surface area contributed by atoms with Crippen molar-refractivity contribution in [1.29, 1.82) is 0 Å². The fourth-order valence-corrected chi connectivity index (χ4v) is 5.43. The van der Waals surface area contributed by atoms with Crippen LogP contribution >= 0.6 is 0 Å². The van der Waals surface area contributed by atoms with Crippen LogP contribution in [0.15, 0.2) is 54.6 Å². The normalized spacial score (nSPS) is 18.0. The number of benzene rings is 3. The molecule has 0 heterocycles. The molecule has 0 bridgehead atoms. The minimum Gasteiger partial charge on any atom is -0.206 e. The van der Waals surface area contributed by atoms with E-state index in [4.69, 9.17) is 0 Å². The van der Waals surface area contributed by atoms with Crippen LogP contribution in [0.5, 0.6) is 0 Å². The monoisotopic (exact) mass is 454 g/mol. The van der Waals surface area contributed by atoms with E-state index >= 15 is 4.39 Å². The van der Waals surface area contributed by atoms with Crippen LogP contribution in [-0.2, 0) is 12.8 Å². The number of fused-ring (bicyclic) bond motifs is 1. The number of rotatable bonds is 8. The highest BCUT2D eigenvalue weighted by atomic mass is 19.1. The predicted molar refractivity (Wildman–Crippen MR) is 144 cm³/mol. The lowest BCUT2D eigenvalue weighted by atomic mass is 9.77. The third-order valence-corrected chi connectivity index (χ3v) is 7.75. The van der Waals surface area contributed by atoms with Gasteiger partial charge in [0.25, 0.3) is 0 Å². The van der Waals surface area contributed by atoms with Crippen molar-refractivity contribution < 1.29 is 4.39 Å². The highest BCUT2D eigenvalue weighted by molar-refractivity contribution is 5.85. The Kier molecular flexibility index (Phi) is 8.81. The van der Waals surface area contributed by atoms with E-state index in [2.05, 4.69) is 56.0 Å². The summed E-state index contributed by atoms with van der Waals surface area (Å²) in [4.78, 5) is 0. The SMILES string of the molecule is CCCCCC1CCC(CCc2ccc3cc(C#Cc4ccc(CC)cc4)ccc3c2F)CC1. The van der Waals surface area contributed by atoms with Crippen molar-refractivity contribution in [3.8, 4) is 11.8 Å². The van der Waals surface area contributed by atoms with Crippen molar-refractivity contribution in [3.05, 3.63) is 82.7 Å². The van der Waals surface area contributed by atoms with E-state index in [9.17, 15) is 0 Å². The largest absolute Gasteiger partial charge is 0.206 e. The van der Waals surface area contributed by atoms with Crippen molar-refractivity contribution in [1.82, 2.24) is 0 Å². The van der Waals surface area contributed by atoms with Gasteiger partial charge in [0.1, 0.15) is 5.82 Å². The molecule has 0 aliphatic heterocycles. The molecule has 0 N–H and O–H groups in total. The van der Waals surface area contributed by atoms with Gasteiger partial charge in [-0.25, -0.2) is 4.39 Å². The zero-order valence-electron chi connectivity index (χ0n) is 21.0. The minimum absolute atomic E-state index is 0.0413. The summed E-state index contributed by atoms with van der Waals surface area (Å²) in [5.74, 6) is 8.13. The molecule has 1 fully saturated rings. The Hall–Kier alpha value is -2.59. The van der Waals surface area contributed by atoms with Gasteiger partial charge in [0.15, 0.2) is 0 Å². The van der Waals surface area contributed by atoms with Crippen molar-refractivity contribution in [2.24, 2.45) is 11.8 Å². The molecule has 1 heteroatoms. The maximum absolute atomic E-state index is 15.3. The number of hydrogen-bond acceptors (Lipinski definition) is 0. The smallest absolute Gasteiger partial charge is 0.134 e. The Labute approximate surface area is 206 Å². The summed E-state index contributed by atoms with van der Waals surface area (Å²) in [5.41, 5.74) is 4.12. The van der Waals surface area contributed by atoms with Crippen LogP contribution in [0.2, 0.25) is 0 Å². The molecule has 0 unspecified atom stereocenters. The summed E-state index contributed by atoms with van der Waals surface area (Å²) in [6.45, 7) is 4.43. The first-order valence-electron chi connectivity index (χ1n) is 13.5. The first-order chi connectivity index (χ1) is 16.7. The third-order valence-electron chi connectivity index (χ3n) is 7.75. The molecule has 0 saturated heterocycles. The Morgan fingerprint density at radius 1 is 0.765 bits per heavy atom. The van der Waals surface area contributed by atoms with Crippen LogP contribution in [0.3, 0.4) is 0 Å². The van der Waals surface area contributed by atoms with Gasteiger partial charge < -0.3 is 0 Å². The van der Waals surface area contributed by atoms with Gasteiger partial charge in [0, 0.05) is 16.5 Å². The molecule has 0 nitrogen and oxygen atoms in total. The molecule has 1 saturated carbocycles. The van der Waals surface area contributed by atoms with E-state index in [0.29, 0.717) is 0 Å². The fourth-order valence-electron chi connectivity index (χ4n) is 5.43. The molecule has 0 amide bonds. The second kappa shape index (κ2) is 12.2. The number of hydrogen-bond donors (Lipinski definition) is 0. The third kappa shape index (κ3) is 6.50. The quantitative estimate of drug-likeness (QED) is 0.235. The van der Waals surface area contributed by atoms with Gasteiger partial charge in [-0.2, -0.15) is 0 Å². The molecular formula is C33H39F. The summed E-state index contributed by atoms with van der Waals surface area (Å²) < 4.78 is 15.3. The van der Waals surface area contributed by atoms with E-state index in [1.54, 1.807) is 0 Å². The van der Waals surface area contributed by atoms with E-state index in [-0.39, 0.29) is 5.82 Å². The zero-order chi connectivity index (χ0) is 23.8. The molecular weight excluding hydrogens is 415 g/mol. The average molecular weight is 455 g/mol. The van der Waals surface area contributed by atoms with Gasteiger partial charge in [-0.3, -0.25) is 0 Å². The summed E-state index contributed by atoms with van der Waals surface area (Å²) in [6, 6.07) is 18.3. The van der Waals surface area contributed by atoms with Crippen LogP contribution in [-0.4, -0.2) is 0 Å². The average Bonchev–Trinajstić information content (AvgIpc) is 2.88. The summed E-state index contributed by atoms with van der Waals surface area (Å²) in [7, 11) is 0. The lowest BCUT2D eigenvalue weighted by molar-refractivity contribution is 0.249. The van der Waals surface area contributed by atoms with Crippen LogP contribution in [0, 0.1) is 29.5 Å². The molecule has 1 aliphatic rings. The molecule has 34 heavy (non-hydrogen) atoms. The Morgan fingerprint density at radius 3 is 2.15 bits per heavy atom. The predicted octanol–water partition coefficient (Wildman–Crippen LogP) is 9.26. The van der Waals surface area contributed by atoms with Gasteiger partial charge in [-0.1, -0.05) is 107 Å². The Balaban J connectivity index is 1.35. The Morgan fingerprint density at radius 2 is 1.44 bits per heavy atom. The van der Waals surface area contributed by atoms with Crippen LogP contribution < -0.4 is 0 Å². The van der Waals surface area contributed by atoms with E-state index in [0.717, 1.165) is 58.6 Å². The van der Waals surface area contributed by atoms with Crippen LogP contribution in [0.1, 0.15) is 93.9 Å². The van der Waals surface area contributed by atoms with E-state index < -0.39 is 0 Å². The van der Waals surface area contributed by atoms with Gasteiger partial charge in [0.2, 0.25) is 0 Å². The summed E-state index contributed by atoms with van der Waals surface area (Å²) in [5, 5.41) is 1.65. The number of halogens is 1. The van der Waals surface area contributed by atoms with Gasteiger partial charge in [-0.05, 0) is 71.9 Å². The highest BCUT2D eigenvalue weighted by Crippen LogP contribution is 2.35. The molecule has 0 spiro atoms. The van der Waals surface area contributed by atoms with Crippen LogP contribution in [0.4, 0.5) is 4.39 Å². The number of unbranched alkanes of at least 4 members (excludes halogenated alkanes) is 2. The lowest BCUT2D eigenvalue weighted by Gasteiger charge is -2.28. The van der Waals surface area contributed by atoms with Gasteiger partial charge in [-0.15, -0.1) is 0 Å². The van der Waals surface area contributed by atoms with Crippen molar-refractivity contribution >= 4 is 10.8 Å². The first kappa shape index (κ1) is 24.5. The zero-order valence-corrected chi connectivity index (χ0v) is 21.0. The molecule has 0 atom stereocenters. The molecule has 0 radical (unpaired) electrons. The molecule has 1 aliphatic carbocycles. The fraction of sp³-hybridized carbons (Fsp3) is 0.455. The molecule has 3 aromatic rings. The summed E-state index contributed by atoms with van der Waals surface area (Å²) >= 11 is 0. The lowest BCUT2D eigenvalue weighted by Crippen LogP contribution is -2.15. The molecule has 4 rings (SSSR count). The molecule has 178 valence electrons. The van der Waals surface area contributed by atoms with E-state index in [1.807, 2.05) is 24.3 Å². The molecule has 0 aromatic heterocycles. The van der Waals surface area contributed by atoms with Crippen LogP contribution in [0.25, 0.3) is 10.8 Å². The maximum atomic E-state index is 15.3. The first-order valence-corrected chi connectivity index (χ1v) is 13.5. The number of aryl methyl sites for hydroxylation is 2. The van der Waals surface area contributed by atoms with Gasteiger partial charge >= 0.3 is 0 Å². The Bertz CT molecular complexity index is 1120. The van der Waals surface area contributed by atoms with Crippen molar-refractivity contribution in [2.75, 3.05) is 0 Å². The van der Waals surface area contributed by atoms with Crippen molar-refractivity contribution in [2.45, 2.75) is 84.5 Å². The highest BCUT2D eigenvalue weighted by Gasteiger charge is 2.21. The molecule has 3 aromatic carbocycles. The summed E-state index contributed by atoms with van der Waals surface area (Å²) in [6.07, 6.45) is 13.9. The standard InChI is InChI=1S/C33H39F/c1-3-5-6-7-26-12-14-28(15-13-26)18-20-30-21-22-31-24-29(19-23-32(31)33(30)34)17-16-27-10-8-25(4-2)9-11-27/h8-11,19,21-24,26,28H,3-7,12-15,18,20H2,1-2H3. The second-order valence-corrected chi connectivity index (χ2v) is 10.2. The minimum atomic E-state index is -0.0413.